The Morgan fingerprint density at radius 1 is 1.25 bits per heavy atom. The largest absolute Gasteiger partial charge is 0.349 e. The fourth-order valence-electron chi connectivity index (χ4n) is 2.43. The SMILES string of the molecule is CC(N)C(C)C(=O)NC(c1ccccc1)C1CCC1.Cl. The first kappa shape index (κ1) is 17.0. The number of carbonyl (C=O) groups excluding carboxylic acids is 1. The molecule has 3 unspecified atom stereocenters. The van der Waals surface area contributed by atoms with Gasteiger partial charge in [0, 0.05) is 12.0 Å². The Hall–Kier alpha value is -1.06. The molecule has 1 amide bonds. The smallest absolute Gasteiger partial charge is 0.224 e. The highest BCUT2D eigenvalue weighted by molar-refractivity contribution is 5.85. The van der Waals surface area contributed by atoms with Crippen LogP contribution in [0.25, 0.3) is 0 Å². The molecule has 1 aliphatic carbocycles. The zero-order valence-electron chi connectivity index (χ0n) is 12.2. The van der Waals surface area contributed by atoms with Gasteiger partial charge in [0.2, 0.25) is 5.91 Å². The highest BCUT2D eigenvalue weighted by atomic mass is 35.5. The van der Waals surface area contributed by atoms with Gasteiger partial charge in [-0.3, -0.25) is 4.79 Å². The minimum absolute atomic E-state index is 0. The highest BCUT2D eigenvalue weighted by Gasteiger charge is 2.31. The van der Waals surface area contributed by atoms with Crippen LogP contribution in [0, 0.1) is 11.8 Å². The Balaban J connectivity index is 0.00000200. The fraction of sp³-hybridized carbons (Fsp3) is 0.562. The fourth-order valence-corrected chi connectivity index (χ4v) is 2.43. The molecule has 0 aromatic heterocycles. The Morgan fingerprint density at radius 3 is 2.30 bits per heavy atom. The van der Waals surface area contributed by atoms with Crippen molar-refractivity contribution in [2.45, 2.75) is 45.2 Å². The van der Waals surface area contributed by atoms with Crippen molar-refractivity contribution in [2.24, 2.45) is 17.6 Å². The average molecular weight is 297 g/mol. The van der Waals surface area contributed by atoms with Crippen molar-refractivity contribution in [3.63, 3.8) is 0 Å². The third-order valence-electron chi connectivity index (χ3n) is 4.28. The molecule has 112 valence electrons. The first-order valence-electron chi connectivity index (χ1n) is 7.20. The summed E-state index contributed by atoms with van der Waals surface area (Å²) in [4.78, 5) is 12.2. The summed E-state index contributed by atoms with van der Waals surface area (Å²) in [5.74, 6) is 0.494. The van der Waals surface area contributed by atoms with Gasteiger partial charge in [0.05, 0.1) is 6.04 Å². The number of amides is 1. The lowest BCUT2D eigenvalue weighted by Gasteiger charge is -2.35. The molecule has 0 radical (unpaired) electrons. The van der Waals surface area contributed by atoms with Crippen molar-refractivity contribution in [3.8, 4) is 0 Å². The number of benzene rings is 1. The summed E-state index contributed by atoms with van der Waals surface area (Å²) >= 11 is 0. The zero-order chi connectivity index (χ0) is 13.8. The predicted octanol–water partition coefficient (Wildman–Crippen LogP) is 3.05. The van der Waals surface area contributed by atoms with Gasteiger partial charge in [-0.1, -0.05) is 43.7 Å². The van der Waals surface area contributed by atoms with Crippen molar-refractivity contribution in [1.82, 2.24) is 5.32 Å². The molecule has 1 saturated carbocycles. The molecule has 0 aliphatic heterocycles. The van der Waals surface area contributed by atoms with Crippen LogP contribution in [-0.2, 0) is 4.79 Å². The molecule has 0 saturated heterocycles. The van der Waals surface area contributed by atoms with Crippen molar-refractivity contribution < 1.29 is 4.79 Å². The summed E-state index contributed by atoms with van der Waals surface area (Å²) in [6.07, 6.45) is 3.67. The molecule has 3 atom stereocenters. The molecule has 2 rings (SSSR count). The molecule has 0 spiro atoms. The van der Waals surface area contributed by atoms with Gasteiger partial charge in [0.15, 0.2) is 0 Å². The summed E-state index contributed by atoms with van der Waals surface area (Å²) in [5, 5.41) is 3.20. The van der Waals surface area contributed by atoms with E-state index in [-0.39, 0.29) is 36.3 Å². The molecule has 3 N–H and O–H groups in total. The second-order valence-corrected chi connectivity index (χ2v) is 5.74. The maximum atomic E-state index is 12.2. The number of rotatable bonds is 5. The molecule has 0 heterocycles. The van der Waals surface area contributed by atoms with Crippen LogP contribution in [0.15, 0.2) is 30.3 Å². The van der Waals surface area contributed by atoms with Crippen LogP contribution in [0.5, 0.6) is 0 Å². The van der Waals surface area contributed by atoms with E-state index in [1.165, 1.54) is 24.8 Å². The number of hydrogen-bond donors (Lipinski definition) is 2. The summed E-state index contributed by atoms with van der Waals surface area (Å²) in [5.41, 5.74) is 7.02. The molecule has 20 heavy (non-hydrogen) atoms. The number of nitrogens with two attached hydrogens (primary N) is 1. The molecule has 3 nitrogen and oxygen atoms in total. The third kappa shape index (κ3) is 3.97. The van der Waals surface area contributed by atoms with Gasteiger partial charge in [-0.25, -0.2) is 0 Å². The van der Waals surface area contributed by atoms with Gasteiger partial charge in [-0.05, 0) is 31.2 Å². The minimum atomic E-state index is -0.147. The van der Waals surface area contributed by atoms with Crippen molar-refractivity contribution in [3.05, 3.63) is 35.9 Å². The second kappa shape index (κ2) is 7.65. The Kier molecular flexibility index (Phi) is 6.50. The van der Waals surface area contributed by atoms with Crippen LogP contribution in [0.1, 0.15) is 44.7 Å². The third-order valence-corrected chi connectivity index (χ3v) is 4.28. The number of carbonyl (C=O) groups is 1. The first-order chi connectivity index (χ1) is 9.09. The van der Waals surface area contributed by atoms with Crippen molar-refractivity contribution in [1.29, 1.82) is 0 Å². The Bertz CT molecular complexity index is 418. The molecular formula is C16H25ClN2O. The second-order valence-electron chi connectivity index (χ2n) is 5.74. The van der Waals surface area contributed by atoms with Crippen molar-refractivity contribution >= 4 is 18.3 Å². The lowest BCUT2D eigenvalue weighted by Crippen LogP contribution is -2.43. The van der Waals surface area contributed by atoms with E-state index < -0.39 is 0 Å². The van der Waals surface area contributed by atoms with Crippen LogP contribution in [-0.4, -0.2) is 11.9 Å². The van der Waals surface area contributed by atoms with Gasteiger partial charge in [-0.2, -0.15) is 0 Å². The van der Waals surface area contributed by atoms with E-state index >= 15 is 0 Å². The molecule has 0 bridgehead atoms. The lowest BCUT2D eigenvalue weighted by atomic mass is 9.77. The van der Waals surface area contributed by atoms with Crippen molar-refractivity contribution in [2.75, 3.05) is 0 Å². The molecular weight excluding hydrogens is 272 g/mol. The number of halogens is 1. The maximum Gasteiger partial charge on any atom is 0.224 e. The quantitative estimate of drug-likeness (QED) is 0.877. The summed E-state index contributed by atoms with van der Waals surface area (Å²) < 4.78 is 0. The van der Waals surface area contributed by atoms with Gasteiger partial charge in [0.25, 0.3) is 0 Å². The standard InChI is InChI=1S/C16H24N2O.ClH/c1-11(12(2)17)16(19)18-15(14-9-6-10-14)13-7-4-3-5-8-13;/h3-5,7-8,11-12,14-15H,6,9-10,17H2,1-2H3,(H,18,19);1H. The maximum absolute atomic E-state index is 12.2. The van der Waals surface area contributed by atoms with E-state index in [2.05, 4.69) is 17.4 Å². The van der Waals surface area contributed by atoms with E-state index in [0.717, 1.165) is 0 Å². The highest BCUT2D eigenvalue weighted by Crippen LogP contribution is 2.37. The van der Waals surface area contributed by atoms with Crippen LogP contribution in [0.4, 0.5) is 0 Å². The van der Waals surface area contributed by atoms with Crippen LogP contribution >= 0.6 is 12.4 Å². The lowest BCUT2D eigenvalue weighted by molar-refractivity contribution is -0.126. The van der Waals surface area contributed by atoms with Gasteiger partial charge in [-0.15, -0.1) is 12.4 Å². The van der Waals surface area contributed by atoms with E-state index in [4.69, 9.17) is 5.73 Å². The number of nitrogens with one attached hydrogen (secondary N) is 1. The van der Waals surface area contributed by atoms with Crippen LogP contribution in [0.3, 0.4) is 0 Å². The average Bonchev–Trinajstić information content (AvgIpc) is 2.35. The van der Waals surface area contributed by atoms with Crippen LogP contribution < -0.4 is 11.1 Å². The first-order valence-corrected chi connectivity index (χ1v) is 7.20. The molecule has 1 aromatic carbocycles. The Labute approximate surface area is 127 Å². The van der Waals surface area contributed by atoms with Gasteiger partial charge < -0.3 is 11.1 Å². The monoisotopic (exact) mass is 296 g/mol. The molecule has 4 heteroatoms. The van der Waals surface area contributed by atoms with E-state index in [1.807, 2.05) is 32.0 Å². The van der Waals surface area contributed by atoms with Gasteiger partial charge in [0.1, 0.15) is 0 Å². The van der Waals surface area contributed by atoms with E-state index in [9.17, 15) is 4.79 Å². The van der Waals surface area contributed by atoms with E-state index in [1.54, 1.807) is 0 Å². The molecule has 1 aliphatic rings. The van der Waals surface area contributed by atoms with E-state index in [0.29, 0.717) is 5.92 Å². The normalized spacial score (nSPS) is 19.1. The predicted molar refractivity (Wildman–Crippen MR) is 84.7 cm³/mol. The number of hydrogen-bond acceptors (Lipinski definition) is 2. The van der Waals surface area contributed by atoms with Crippen LogP contribution in [0.2, 0.25) is 0 Å². The topological polar surface area (TPSA) is 55.1 Å². The Morgan fingerprint density at radius 2 is 1.85 bits per heavy atom. The summed E-state index contributed by atoms with van der Waals surface area (Å²) in [6.45, 7) is 3.77. The minimum Gasteiger partial charge on any atom is -0.349 e. The molecule has 1 fully saturated rings. The zero-order valence-corrected chi connectivity index (χ0v) is 13.0. The summed E-state index contributed by atoms with van der Waals surface area (Å²) in [6, 6.07) is 10.3. The summed E-state index contributed by atoms with van der Waals surface area (Å²) in [7, 11) is 0. The van der Waals surface area contributed by atoms with Gasteiger partial charge >= 0.3 is 0 Å². The molecule has 1 aromatic rings.